The molecule has 0 bridgehead atoms. The minimum Gasteiger partial charge on any atom is -0.300 e. The average molecular weight is 273 g/mol. The van der Waals surface area contributed by atoms with Gasteiger partial charge in [-0.2, -0.15) is 0 Å². The summed E-state index contributed by atoms with van der Waals surface area (Å²) in [5.41, 5.74) is 2.39. The molecule has 1 rings (SSSR count). The number of Topliss-reactive ketones (excluding diaryl/α,β-unsaturated/α-hetero) is 1. The van der Waals surface area contributed by atoms with Crippen molar-refractivity contribution in [1.82, 2.24) is 0 Å². The summed E-state index contributed by atoms with van der Waals surface area (Å²) in [5, 5.41) is 0.812. The Morgan fingerprint density at radius 3 is 2.71 bits per heavy atom. The summed E-state index contributed by atoms with van der Waals surface area (Å²) < 4.78 is 0. The van der Waals surface area contributed by atoms with Crippen molar-refractivity contribution in [2.24, 2.45) is 0 Å². The van der Waals surface area contributed by atoms with Gasteiger partial charge in [0.2, 0.25) is 0 Å². The van der Waals surface area contributed by atoms with Gasteiger partial charge in [-0.1, -0.05) is 28.1 Å². The summed E-state index contributed by atoms with van der Waals surface area (Å²) in [7, 11) is 0. The van der Waals surface area contributed by atoms with Gasteiger partial charge in [-0.15, -0.1) is 11.8 Å². The first-order chi connectivity index (χ1) is 6.69. The smallest absolute Gasteiger partial charge is 0.134 e. The van der Waals surface area contributed by atoms with E-state index >= 15 is 0 Å². The van der Waals surface area contributed by atoms with Crippen molar-refractivity contribution in [2.45, 2.75) is 23.6 Å². The molecule has 0 fully saturated rings. The fourth-order valence-electron chi connectivity index (χ4n) is 1.39. The standard InChI is InChI=1S/C11H13BrOS/c1-8(13)6-9-4-3-5-11(14-2)10(9)7-12/h3-5H,6-7H2,1-2H3. The normalized spacial score (nSPS) is 10.2. The first-order valence-corrected chi connectivity index (χ1v) is 6.73. The number of hydrogen-bond acceptors (Lipinski definition) is 2. The second kappa shape index (κ2) is 5.56. The summed E-state index contributed by atoms with van der Waals surface area (Å²) in [5.74, 6) is 0.213. The van der Waals surface area contributed by atoms with Crippen LogP contribution >= 0.6 is 27.7 Å². The number of halogens is 1. The Bertz CT molecular complexity index is 336. The Hall–Kier alpha value is -0.280. The molecule has 0 N–H and O–H groups in total. The fraction of sp³-hybridized carbons (Fsp3) is 0.364. The molecule has 1 nitrogen and oxygen atoms in total. The van der Waals surface area contributed by atoms with Gasteiger partial charge in [-0.05, 0) is 30.4 Å². The van der Waals surface area contributed by atoms with E-state index in [9.17, 15) is 4.79 Å². The zero-order valence-electron chi connectivity index (χ0n) is 8.34. The molecule has 76 valence electrons. The van der Waals surface area contributed by atoms with E-state index in [0.29, 0.717) is 6.42 Å². The molecule has 14 heavy (non-hydrogen) atoms. The minimum atomic E-state index is 0.213. The number of carbonyl (C=O) groups is 1. The molecule has 0 aliphatic carbocycles. The first kappa shape index (κ1) is 11.8. The summed E-state index contributed by atoms with van der Waals surface area (Å²) in [6, 6.07) is 6.12. The molecule has 0 amide bonds. The van der Waals surface area contributed by atoms with Crippen molar-refractivity contribution in [3.05, 3.63) is 29.3 Å². The number of alkyl halides is 1. The predicted octanol–water partition coefficient (Wildman–Crippen LogP) is 3.43. The lowest BCUT2D eigenvalue weighted by Crippen LogP contribution is -2.00. The maximum absolute atomic E-state index is 11.1. The zero-order chi connectivity index (χ0) is 10.6. The number of hydrogen-bond donors (Lipinski definition) is 0. The van der Waals surface area contributed by atoms with E-state index in [1.54, 1.807) is 18.7 Å². The van der Waals surface area contributed by atoms with Crippen LogP contribution in [0.2, 0.25) is 0 Å². The zero-order valence-corrected chi connectivity index (χ0v) is 10.7. The van der Waals surface area contributed by atoms with E-state index in [1.165, 1.54) is 10.5 Å². The molecule has 0 saturated heterocycles. The third-order valence-corrected chi connectivity index (χ3v) is 3.41. The first-order valence-electron chi connectivity index (χ1n) is 4.39. The Morgan fingerprint density at radius 1 is 1.50 bits per heavy atom. The Balaban J connectivity index is 3.08. The molecule has 0 aliphatic rings. The van der Waals surface area contributed by atoms with E-state index in [1.807, 2.05) is 12.1 Å². The number of ketones is 1. The Labute approximate surface area is 97.4 Å². The molecule has 0 atom stereocenters. The summed E-state index contributed by atoms with van der Waals surface area (Å²) in [6.45, 7) is 1.63. The third kappa shape index (κ3) is 2.85. The lowest BCUT2D eigenvalue weighted by Gasteiger charge is -2.09. The van der Waals surface area contributed by atoms with Gasteiger partial charge in [0.15, 0.2) is 0 Å². The molecule has 0 aromatic heterocycles. The predicted molar refractivity (Wildman–Crippen MR) is 65.2 cm³/mol. The number of carbonyl (C=O) groups excluding carboxylic acids is 1. The molecular formula is C11H13BrOS. The van der Waals surface area contributed by atoms with Crippen molar-refractivity contribution in [1.29, 1.82) is 0 Å². The van der Waals surface area contributed by atoms with Crippen LogP contribution in [0.5, 0.6) is 0 Å². The van der Waals surface area contributed by atoms with Crippen molar-refractivity contribution in [3.63, 3.8) is 0 Å². The maximum Gasteiger partial charge on any atom is 0.134 e. The van der Waals surface area contributed by atoms with Crippen LogP contribution < -0.4 is 0 Å². The second-order valence-corrected chi connectivity index (χ2v) is 4.52. The van der Waals surface area contributed by atoms with Crippen LogP contribution in [0.4, 0.5) is 0 Å². The molecule has 1 aromatic carbocycles. The van der Waals surface area contributed by atoms with Crippen LogP contribution in [0.25, 0.3) is 0 Å². The quantitative estimate of drug-likeness (QED) is 0.617. The summed E-state index contributed by atoms with van der Waals surface area (Å²) >= 11 is 5.19. The highest BCUT2D eigenvalue weighted by molar-refractivity contribution is 9.08. The highest BCUT2D eigenvalue weighted by atomic mass is 79.9. The summed E-state index contributed by atoms with van der Waals surface area (Å²) in [4.78, 5) is 12.3. The van der Waals surface area contributed by atoms with Crippen LogP contribution in [0.3, 0.4) is 0 Å². The molecule has 1 aromatic rings. The van der Waals surface area contributed by atoms with E-state index in [-0.39, 0.29) is 5.78 Å². The highest BCUT2D eigenvalue weighted by Gasteiger charge is 2.07. The molecule has 0 saturated carbocycles. The van der Waals surface area contributed by atoms with Crippen LogP contribution in [-0.2, 0) is 16.5 Å². The van der Waals surface area contributed by atoms with Crippen LogP contribution in [-0.4, -0.2) is 12.0 Å². The van der Waals surface area contributed by atoms with Crippen LogP contribution in [0.15, 0.2) is 23.1 Å². The van der Waals surface area contributed by atoms with Crippen LogP contribution in [0, 0.1) is 0 Å². The number of benzene rings is 1. The van der Waals surface area contributed by atoms with Crippen molar-refractivity contribution in [3.8, 4) is 0 Å². The highest BCUT2D eigenvalue weighted by Crippen LogP contribution is 2.26. The molecule has 0 aliphatic heterocycles. The Kier molecular flexibility index (Phi) is 4.69. The van der Waals surface area contributed by atoms with E-state index in [0.717, 1.165) is 10.9 Å². The third-order valence-electron chi connectivity index (χ3n) is 2.02. The molecule has 3 heteroatoms. The van der Waals surface area contributed by atoms with Crippen LogP contribution in [0.1, 0.15) is 18.1 Å². The largest absolute Gasteiger partial charge is 0.300 e. The number of rotatable bonds is 4. The molecule has 0 spiro atoms. The topological polar surface area (TPSA) is 17.1 Å². The van der Waals surface area contributed by atoms with Gasteiger partial charge in [0.05, 0.1) is 0 Å². The van der Waals surface area contributed by atoms with E-state index in [2.05, 4.69) is 28.3 Å². The van der Waals surface area contributed by atoms with Gasteiger partial charge < -0.3 is 0 Å². The van der Waals surface area contributed by atoms with Gasteiger partial charge in [-0.25, -0.2) is 0 Å². The Morgan fingerprint density at radius 2 is 2.21 bits per heavy atom. The number of thioether (sulfide) groups is 1. The van der Waals surface area contributed by atoms with Gasteiger partial charge >= 0.3 is 0 Å². The monoisotopic (exact) mass is 272 g/mol. The van der Waals surface area contributed by atoms with Crippen molar-refractivity contribution in [2.75, 3.05) is 6.26 Å². The average Bonchev–Trinajstić information content (AvgIpc) is 2.16. The van der Waals surface area contributed by atoms with Gasteiger partial charge in [-0.3, -0.25) is 4.79 Å². The fourth-order valence-corrected chi connectivity index (χ4v) is 2.90. The second-order valence-electron chi connectivity index (χ2n) is 3.11. The lowest BCUT2D eigenvalue weighted by molar-refractivity contribution is -0.116. The van der Waals surface area contributed by atoms with Gasteiger partial charge in [0.1, 0.15) is 5.78 Å². The van der Waals surface area contributed by atoms with Gasteiger partial charge in [0.25, 0.3) is 0 Å². The van der Waals surface area contributed by atoms with Crippen molar-refractivity contribution >= 4 is 33.5 Å². The van der Waals surface area contributed by atoms with Crippen molar-refractivity contribution < 1.29 is 4.79 Å². The van der Waals surface area contributed by atoms with Gasteiger partial charge in [0, 0.05) is 16.6 Å². The summed E-state index contributed by atoms with van der Waals surface area (Å²) in [6.07, 6.45) is 2.59. The molecule has 0 heterocycles. The maximum atomic E-state index is 11.1. The van der Waals surface area contributed by atoms with E-state index in [4.69, 9.17) is 0 Å². The molecular weight excluding hydrogens is 260 g/mol. The van der Waals surface area contributed by atoms with E-state index < -0.39 is 0 Å². The SMILES string of the molecule is CSc1cccc(CC(C)=O)c1CBr. The minimum absolute atomic E-state index is 0.213. The molecule has 0 radical (unpaired) electrons. The lowest BCUT2D eigenvalue weighted by atomic mass is 10.0. The molecule has 0 unspecified atom stereocenters.